The Hall–Kier alpha value is -1.16. The number of ether oxygens (including phenoxy) is 1. The van der Waals surface area contributed by atoms with Gasteiger partial charge in [0.15, 0.2) is 0 Å². The smallest absolute Gasteiger partial charge is 0.269 e. The largest absolute Gasteiger partial charge is 0.494 e. The van der Waals surface area contributed by atoms with Crippen LogP contribution in [0.1, 0.15) is 6.42 Å². The summed E-state index contributed by atoms with van der Waals surface area (Å²) in [4.78, 5) is 11.7. The number of halogens is 3. The Bertz CT molecular complexity index is 638. The molecule has 1 aromatic heterocycles. The number of aryl methyl sites for hydroxylation is 1. The molecule has 20 heavy (non-hydrogen) atoms. The fraction of sp³-hybridized carbons (Fsp3) is 0.214. The summed E-state index contributed by atoms with van der Waals surface area (Å²) in [6.07, 6.45) is 2.23. The molecule has 6 heteroatoms. The zero-order valence-corrected chi connectivity index (χ0v) is 12.8. The topological polar surface area (TPSA) is 31.2 Å². The van der Waals surface area contributed by atoms with Gasteiger partial charge in [-0.05, 0) is 36.8 Å². The van der Waals surface area contributed by atoms with E-state index < -0.39 is 0 Å². The maximum absolute atomic E-state index is 11.7. The molecule has 0 fully saturated rings. The molecular weight excluding hydrogens is 321 g/mol. The molecule has 2 aromatic rings. The highest BCUT2D eigenvalue weighted by atomic mass is 35.5. The standard InChI is InChI=1S/C14H12Cl3NO2/c15-10-2-4-12(5-3-10)20-7-1-6-18-9-11(16)8-13(17)14(18)19/h2-5,8-9H,1,6-7H2. The molecule has 3 nitrogen and oxygen atoms in total. The highest BCUT2D eigenvalue weighted by Crippen LogP contribution is 2.16. The highest BCUT2D eigenvalue weighted by Gasteiger charge is 2.03. The predicted molar refractivity (Wildman–Crippen MR) is 82.3 cm³/mol. The number of nitrogens with zero attached hydrogens (tertiary/aromatic N) is 1. The van der Waals surface area contributed by atoms with Gasteiger partial charge < -0.3 is 9.30 Å². The van der Waals surface area contributed by atoms with Gasteiger partial charge in [-0.2, -0.15) is 0 Å². The third-order valence-electron chi connectivity index (χ3n) is 2.63. The van der Waals surface area contributed by atoms with Gasteiger partial charge in [-0.25, -0.2) is 0 Å². The zero-order valence-electron chi connectivity index (χ0n) is 10.5. The van der Waals surface area contributed by atoms with Crippen molar-refractivity contribution in [2.45, 2.75) is 13.0 Å². The summed E-state index contributed by atoms with van der Waals surface area (Å²) in [6.45, 7) is 0.977. The van der Waals surface area contributed by atoms with E-state index in [9.17, 15) is 4.79 Å². The summed E-state index contributed by atoms with van der Waals surface area (Å²) in [5.41, 5.74) is -0.248. The minimum atomic E-state index is -0.248. The Morgan fingerprint density at radius 3 is 2.45 bits per heavy atom. The molecule has 1 aromatic carbocycles. The third kappa shape index (κ3) is 4.17. The minimum absolute atomic E-state index is 0.121. The first-order valence-corrected chi connectivity index (χ1v) is 7.13. The lowest BCUT2D eigenvalue weighted by molar-refractivity contribution is 0.301. The maximum atomic E-state index is 11.7. The van der Waals surface area contributed by atoms with Crippen molar-refractivity contribution in [1.29, 1.82) is 0 Å². The van der Waals surface area contributed by atoms with E-state index in [0.717, 1.165) is 5.75 Å². The molecule has 1 heterocycles. The first-order chi connectivity index (χ1) is 9.56. The molecule has 0 radical (unpaired) electrons. The van der Waals surface area contributed by atoms with E-state index in [0.29, 0.717) is 29.6 Å². The molecule has 0 aliphatic heterocycles. The van der Waals surface area contributed by atoms with Crippen LogP contribution in [0.25, 0.3) is 0 Å². The van der Waals surface area contributed by atoms with Crippen molar-refractivity contribution in [2.24, 2.45) is 0 Å². The lowest BCUT2D eigenvalue weighted by atomic mass is 10.3. The van der Waals surface area contributed by atoms with E-state index in [1.807, 2.05) is 0 Å². The highest BCUT2D eigenvalue weighted by molar-refractivity contribution is 6.34. The van der Waals surface area contributed by atoms with Crippen LogP contribution in [0.2, 0.25) is 15.1 Å². The monoisotopic (exact) mass is 331 g/mol. The molecule has 0 bridgehead atoms. The van der Waals surface area contributed by atoms with Gasteiger partial charge in [0.05, 0.1) is 11.6 Å². The lowest BCUT2D eigenvalue weighted by Crippen LogP contribution is -2.20. The van der Waals surface area contributed by atoms with Crippen LogP contribution < -0.4 is 10.3 Å². The Morgan fingerprint density at radius 1 is 1.05 bits per heavy atom. The van der Waals surface area contributed by atoms with E-state index >= 15 is 0 Å². The van der Waals surface area contributed by atoms with Gasteiger partial charge >= 0.3 is 0 Å². The summed E-state index contributed by atoms with van der Waals surface area (Å²) in [5, 5.41) is 1.22. The predicted octanol–water partition coefficient (Wildman–Crippen LogP) is 4.28. The van der Waals surface area contributed by atoms with Crippen LogP contribution in [-0.4, -0.2) is 11.2 Å². The average Bonchev–Trinajstić information content (AvgIpc) is 2.42. The fourth-order valence-corrected chi connectivity index (χ4v) is 2.32. The van der Waals surface area contributed by atoms with Crippen LogP contribution in [0.15, 0.2) is 41.3 Å². The van der Waals surface area contributed by atoms with Crippen molar-refractivity contribution in [1.82, 2.24) is 4.57 Å². The minimum Gasteiger partial charge on any atom is -0.494 e. The molecule has 0 N–H and O–H groups in total. The fourth-order valence-electron chi connectivity index (χ4n) is 1.69. The Kier molecular flexibility index (Phi) is 5.35. The second kappa shape index (κ2) is 7.02. The van der Waals surface area contributed by atoms with Crippen LogP contribution >= 0.6 is 34.8 Å². The molecular formula is C14H12Cl3NO2. The van der Waals surface area contributed by atoms with Crippen LogP contribution in [0.5, 0.6) is 5.75 Å². The van der Waals surface area contributed by atoms with E-state index in [-0.39, 0.29) is 10.6 Å². The van der Waals surface area contributed by atoms with Crippen molar-refractivity contribution >= 4 is 34.8 Å². The summed E-state index contributed by atoms with van der Waals surface area (Å²) in [7, 11) is 0. The average molecular weight is 333 g/mol. The van der Waals surface area contributed by atoms with Gasteiger partial charge in [0.25, 0.3) is 5.56 Å². The molecule has 0 saturated carbocycles. The number of aromatic nitrogens is 1. The van der Waals surface area contributed by atoms with E-state index in [2.05, 4.69) is 0 Å². The molecule has 2 rings (SSSR count). The van der Waals surface area contributed by atoms with Gasteiger partial charge in [0.2, 0.25) is 0 Å². The van der Waals surface area contributed by atoms with Gasteiger partial charge in [-0.1, -0.05) is 34.8 Å². The van der Waals surface area contributed by atoms with Crippen molar-refractivity contribution in [2.75, 3.05) is 6.61 Å². The van der Waals surface area contributed by atoms with Crippen LogP contribution in [0.3, 0.4) is 0 Å². The van der Waals surface area contributed by atoms with Crippen LogP contribution in [0, 0.1) is 0 Å². The second-order valence-corrected chi connectivity index (χ2v) is 5.44. The van der Waals surface area contributed by atoms with Crippen molar-refractivity contribution in [3.63, 3.8) is 0 Å². The first-order valence-electron chi connectivity index (χ1n) is 6.00. The second-order valence-electron chi connectivity index (χ2n) is 4.16. The number of pyridine rings is 1. The SMILES string of the molecule is O=c1c(Cl)cc(Cl)cn1CCCOc1ccc(Cl)cc1. The molecule has 0 aliphatic rings. The van der Waals surface area contributed by atoms with Gasteiger partial charge in [0, 0.05) is 17.8 Å². The van der Waals surface area contributed by atoms with Gasteiger partial charge in [0.1, 0.15) is 10.8 Å². The molecule has 106 valence electrons. The Labute approximate surface area is 131 Å². The summed E-state index contributed by atoms with van der Waals surface area (Å²) >= 11 is 17.4. The van der Waals surface area contributed by atoms with E-state index in [1.54, 1.807) is 30.5 Å². The number of rotatable bonds is 5. The number of hydrogen-bond acceptors (Lipinski definition) is 2. The quantitative estimate of drug-likeness (QED) is 0.765. The number of hydrogen-bond donors (Lipinski definition) is 0. The summed E-state index contributed by atoms with van der Waals surface area (Å²) in [6, 6.07) is 8.55. The molecule has 0 atom stereocenters. The van der Waals surface area contributed by atoms with Gasteiger partial charge in [-0.3, -0.25) is 4.79 Å². The van der Waals surface area contributed by atoms with Crippen molar-refractivity contribution in [3.05, 3.63) is 62.0 Å². The van der Waals surface area contributed by atoms with Crippen molar-refractivity contribution < 1.29 is 4.74 Å². The summed E-state index contributed by atoms with van der Waals surface area (Å²) in [5.74, 6) is 0.742. The van der Waals surface area contributed by atoms with Crippen LogP contribution in [0.4, 0.5) is 0 Å². The zero-order chi connectivity index (χ0) is 14.5. The molecule has 0 unspecified atom stereocenters. The normalized spacial score (nSPS) is 10.6. The number of benzene rings is 1. The first kappa shape index (κ1) is 15.2. The molecule has 0 spiro atoms. The van der Waals surface area contributed by atoms with Crippen molar-refractivity contribution in [3.8, 4) is 5.75 Å². The third-order valence-corrected chi connectivity index (χ3v) is 3.36. The van der Waals surface area contributed by atoms with E-state index in [4.69, 9.17) is 39.5 Å². The molecule has 0 aliphatic carbocycles. The Balaban J connectivity index is 1.87. The lowest BCUT2D eigenvalue weighted by Gasteiger charge is -2.08. The summed E-state index contributed by atoms with van der Waals surface area (Å²) < 4.78 is 7.03. The van der Waals surface area contributed by atoms with Gasteiger partial charge in [-0.15, -0.1) is 0 Å². The van der Waals surface area contributed by atoms with E-state index in [1.165, 1.54) is 10.6 Å². The Morgan fingerprint density at radius 2 is 1.75 bits per heavy atom. The molecule has 0 amide bonds. The maximum Gasteiger partial charge on any atom is 0.269 e. The van der Waals surface area contributed by atoms with Crippen LogP contribution in [-0.2, 0) is 6.54 Å². The molecule has 0 saturated heterocycles.